The molecular weight excluding hydrogens is 276 g/mol. The molecule has 106 valence electrons. The van der Waals surface area contributed by atoms with E-state index in [1.54, 1.807) is 18.2 Å². The van der Waals surface area contributed by atoms with Crippen molar-refractivity contribution in [2.24, 2.45) is 5.92 Å². The van der Waals surface area contributed by atoms with Crippen LogP contribution in [0.5, 0.6) is 11.5 Å². The van der Waals surface area contributed by atoms with Crippen molar-refractivity contribution in [3.05, 3.63) is 35.2 Å². The third kappa shape index (κ3) is 2.49. The molecule has 0 fully saturated rings. The minimum Gasteiger partial charge on any atom is -0.507 e. The molecule has 1 aromatic carbocycles. The first-order valence-corrected chi connectivity index (χ1v) is 6.97. The number of methoxy groups -OCH3 is 1. The molecule has 1 heterocycles. The van der Waals surface area contributed by atoms with Crippen LogP contribution in [-0.4, -0.2) is 23.3 Å². The van der Waals surface area contributed by atoms with E-state index in [1.165, 1.54) is 18.4 Å². The first-order valence-electron chi connectivity index (χ1n) is 6.16. The van der Waals surface area contributed by atoms with Crippen LogP contribution >= 0.6 is 11.3 Å². The number of hydrogen-bond donors (Lipinski definition) is 2. The molecule has 2 N–H and O–H groups in total. The Morgan fingerprint density at radius 1 is 1.50 bits per heavy atom. The number of phenols is 2. The highest BCUT2D eigenvalue weighted by Gasteiger charge is 2.18. The molecule has 1 aromatic heterocycles. The topological polar surface area (TPSA) is 66.8 Å². The van der Waals surface area contributed by atoms with Crippen LogP contribution in [0.4, 0.5) is 0 Å². The van der Waals surface area contributed by atoms with Gasteiger partial charge in [-0.25, -0.2) is 4.79 Å². The van der Waals surface area contributed by atoms with E-state index in [4.69, 9.17) is 0 Å². The Balaban J connectivity index is 2.56. The van der Waals surface area contributed by atoms with Crippen molar-refractivity contribution >= 4 is 27.4 Å². The molecule has 2 rings (SSSR count). The second-order valence-electron chi connectivity index (χ2n) is 4.65. The van der Waals surface area contributed by atoms with Crippen LogP contribution in [0.3, 0.4) is 0 Å². The third-order valence-corrected chi connectivity index (χ3v) is 4.26. The second-order valence-corrected chi connectivity index (χ2v) is 5.74. The summed E-state index contributed by atoms with van der Waals surface area (Å²) in [5.41, 5.74) is 0.471. The van der Waals surface area contributed by atoms with E-state index in [0.29, 0.717) is 26.9 Å². The Hall–Kier alpha value is -2.01. The number of allylic oxidation sites excluding steroid dienone is 1. The van der Waals surface area contributed by atoms with Gasteiger partial charge in [0.05, 0.1) is 7.11 Å². The summed E-state index contributed by atoms with van der Waals surface area (Å²) in [5.74, 6) is -0.281. The maximum Gasteiger partial charge on any atom is 0.348 e. The predicted octanol–water partition coefficient (Wildman–Crippen LogP) is 3.46. The van der Waals surface area contributed by atoms with Gasteiger partial charge in [-0.2, -0.15) is 0 Å². The molecule has 0 aliphatic carbocycles. The Kier molecular flexibility index (Phi) is 3.99. The average Bonchev–Trinajstić information content (AvgIpc) is 2.86. The quantitative estimate of drug-likeness (QED) is 0.669. The molecule has 0 saturated carbocycles. The molecule has 20 heavy (non-hydrogen) atoms. The summed E-state index contributed by atoms with van der Waals surface area (Å²) >= 11 is 1.18. The highest BCUT2D eigenvalue weighted by Crippen LogP contribution is 2.41. The monoisotopic (exact) mass is 292 g/mol. The molecular formula is C15H16O4S. The number of phenolic OH excluding ortho intramolecular Hbond substituents is 2. The molecule has 4 nitrogen and oxygen atoms in total. The number of aromatic hydroxyl groups is 2. The summed E-state index contributed by atoms with van der Waals surface area (Å²) in [6.07, 6.45) is 2.25. The molecule has 0 bridgehead atoms. The van der Waals surface area contributed by atoms with Crippen LogP contribution in [0.15, 0.2) is 24.8 Å². The number of hydrogen-bond acceptors (Lipinski definition) is 5. The van der Waals surface area contributed by atoms with E-state index in [9.17, 15) is 15.0 Å². The van der Waals surface area contributed by atoms with Crippen LogP contribution < -0.4 is 0 Å². The van der Waals surface area contributed by atoms with Gasteiger partial charge in [-0.3, -0.25) is 0 Å². The van der Waals surface area contributed by atoms with Crippen LogP contribution in [0, 0.1) is 5.92 Å². The average molecular weight is 292 g/mol. The smallest absolute Gasteiger partial charge is 0.348 e. The van der Waals surface area contributed by atoms with Gasteiger partial charge in [-0.05, 0) is 24.5 Å². The molecule has 5 heteroatoms. The van der Waals surface area contributed by atoms with E-state index in [1.807, 2.05) is 6.92 Å². The van der Waals surface area contributed by atoms with Crippen LogP contribution in [-0.2, 0) is 11.2 Å². The lowest BCUT2D eigenvalue weighted by molar-refractivity contribution is 0.0606. The van der Waals surface area contributed by atoms with Crippen molar-refractivity contribution in [2.75, 3.05) is 7.11 Å². The first kappa shape index (κ1) is 14.4. The zero-order chi connectivity index (χ0) is 14.9. The molecule has 0 spiro atoms. The van der Waals surface area contributed by atoms with Gasteiger partial charge in [0.25, 0.3) is 0 Å². The fraction of sp³-hybridized carbons (Fsp3) is 0.267. The van der Waals surface area contributed by atoms with Crippen molar-refractivity contribution in [1.29, 1.82) is 0 Å². The number of benzene rings is 1. The van der Waals surface area contributed by atoms with E-state index in [2.05, 4.69) is 11.3 Å². The number of carbonyl (C=O) groups is 1. The number of rotatable bonds is 4. The number of fused-ring (bicyclic) bond motifs is 1. The van der Waals surface area contributed by atoms with Gasteiger partial charge in [0, 0.05) is 15.6 Å². The zero-order valence-electron chi connectivity index (χ0n) is 11.3. The van der Waals surface area contributed by atoms with E-state index >= 15 is 0 Å². The third-order valence-electron chi connectivity index (χ3n) is 3.19. The molecule has 0 saturated heterocycles. The number of carbonyl (C=O) groups excluding carboxylic acids is 1. The Morgan fingerprint density at radius 2 is 2.20 bits per heavy atom. The van der Waals surface area contributed by atoms with Gasteiger partial charge in [0.1, 0.15) is 16.4 Å². The fourth-order valence-electron chi connectivity index (χ4n) is 2.00. The Morgan fingerprint density at radius 3 is 2.80 bits per heavy atom. The fourth-order valence-corrected chi connectivity index (χ4v) is 3.02. The highest BCUT2D eigenvalue weighted by molar-refractivity contribution is 7.20. The zero-order valence-corrected chi connectivity index (χ0v) is 12.2. The van der Waals surface area contributed by atoms with Gasteiger partial charge in [-0.15, -0.1) is 17.9 Å². The van der Waals surface area contributed by atoms with E-state index in [0.717, 1.165) is 0 Å². The standard InChI is InChI=1S/C15H16O4S/c1-4-8(2)5-9-11(16)7-12-10(14(9)17)6-13(20-12)15(18)19-3/h4,6-8,16-17H,1,5H2,2-3H3. The molecule has 0 amide bonds. The first-order chi connectivity index (χ1) is 9.47. The molecule has 2 aromatic rings. The minimum absolute atomic E-state index is 0.0140. The lowest BCUT2D eigenvalue weighted by Gasteiger charge is -2.11. The maximum absolute atomic E-state index is 11.5. The van der Waals surface area contributed by atoms with E-state index in [-0.39, 0.29) is 17.4 Å². The highest BCUT2D eigenvalue weighted by atomic mass is 32.1. The molecule has 0 aliphatic heterocycles. The lowest BCUT2D eigenvalue weighted by atomic mass is 9.98. The summed E-state index contributed by atoms with van der Waals surface area (Å²) in [4.78, 5) is 11.9. The SMILES string of the molecule is C=CC(C)Cc1c(O)cc2sc(C(=O)OC)cc2c1O. The normalized spacial score (nSPS) is 12.3. The number of ether oxygens (including phenoxy) is 1. The Bertz CT molecular complexity index is 672. The van der Waals surface area contributed by atoms with Crippen molar-refractivity contribution < 1.29 is 19.7 Å². The Labute approximate surface area is 120 Å². The van der Waals surface area contributed by atoms with Gasteiger partial charge in [0.15, 0.2) is 0 Å². The number of esters is 1. The van der Waals surface area contributed by atoms with Crippen molar-refractivity contribution in [3.8, 4) is 11.5 Å². The van der Waals surface area contributed by atoms with Crippen LogP contribution in [0.2, 0.25) is 0 Å². The van der Waals surface area contributed by atoms with Gasteiger partial charge >= 0.3 is 5.97 Å². The lowest BCUT2D eigenvalue weighted by Crippen LogP contribution is -1.97. The number of thiophene rings is 1. The summed E-state index contributed by atoms with van der Waals surface area (Å²) in [5, 5.41) is 20.9. The van der Waals surface area contributed by atoms with Crippen molar-refractivity contribution in [1.82, 2.24) is 0 Å². The summed E-state index contributed by atoms with van der Waals surface area (Å²) < 4.78 is 5.31. The van der Waals surface area contributed by atoms with Crippen LogP contribution in [0.1, 0.15) is 22.2 Å². The van der Waals surface area contributed by atoms with Crippen molar-refractivity contribution in [3.63, 3.8) is 0 Å². The summed E-state index contributed by atoms with van der Waals surface area (Å²) in [6.45, 7) is 5.64. The summed E-state index contributed by atoms with van der Waals surface area (Å²) in [7, 11) is 1.31. The van der Waals surface area contributed by atoms with Gasteiger partial charge < -0.3 is 14.9 Å². The largest absolute Gasteiger partial charge is 0.507 e. The summed E-state index contributed by atoms with van der Waals surface area (Å²) in [6, 6.07) is 3.15. The van der Waals surface area contributed by atoms with Gasteiger partial charge in [-0.1, -0.05) is 13.0 Å². The molecule has 1 unspecified atom stereocenters. The molecule has 0 radical (unpaired) electrons. The maximum atomic E-state index is 11.5. The predicted molar refractivity (Wildman–Crippen MR) is 79.6 cm³/mol. The van der Waals surface area contributed by atoms with E-state index < -0.39 is 5.97 Å². The second kappa shape index (κ2) is 5.54. The van der Waals surface area contributed by atoms with Crippen molar-refractivity contribution in [2.45, 2.75) is 13.3 Å². The van der Waals surface area contributed by atoms with Gasteiger partial charge in [0.2, 0.25) is 0 Å². The minimum atomic E-state index is -0.453. The molecule has 0 aliphatic rings. The van der Waals surface area contributed by atoms with Crippen LogP contribution in [0.25, 0.3) is 10.1 Å². The molecule has 1 atom stereocenters.